The van der Waals surface area contributed by atoms with Gasteiger partial charge >= 0.3 is 0 Å². The second-order valence-electron chi connectivity index (χ2n) is 4.45. The Morgan fingerprint density at radius 1 is 1.31 bits per heavy atom. The molecule has 0 radical (unpaired) electrons. The van der Waals surface area contributed by atoms with Crippen molar-refractivity contribution in [3.8, 4) is 0 Å². The van der Waals surface area contributed by atoms with Crippen LogP contribution in [0.1, 0.15) is 19.8 Å². The molecule has 3 heteroatoms. The standard InChI is InChI=1S/C10H20N2O/c1-8-5-9(3-4-12(8)2)11-10-6-13-7-10/h8-11H,3-7H2,1-2H3. The fraction of sp³-hybridized carbons (Fsp3) is 1.00. The molecule has 2 heterocycles. The summed E-state index contributed by atoms with van der Waals surface area (Å²) >= 11 is 0. The number of ether oxygens (including phenoxy) is 1. The normalized spacial score (nSPS) is 37.4. The average molecular weight is 184 g/mol. The van der Waals surface area contributed by atoms with Crippen LogP contribution in [-0.4, -0.2) is 49.8 Å². The van der Waals surface area contributed by atoms with Gasteiger partial charge in [-0.25, -0.2) is 0 Å². The molecule has 0 aliphatic carbocycles. The molecule has 2 atom stereocenters. The molecule has 0 aromatic heterocycles. The predicted molar refractivity (Wildman–Crippen MR) is 52.9 cm³/mol. The molecule has 0 bridgehead atoms. The first-order chi connectivity index (χ1) is 6.25. The van der Waals surface area contributed by atoms with Gasteiger partial charge in [-0.15, -0.1) is 0 Å². The van der Waals surface area contributed by atoms with Crippen LogP contribution in [0, 0.1) is 0 Å². The maximum Gasteiger partial charge on any atom is 0.0643 e. The van der Waals surface area contributed by atoms with Crippen LogP contribution in [0.2, 0.25) is 0 Å². The van der Waals surface area contributed by atoms with E-state index in [4.69, 9.17) is 4.74 Å². The Morgan fingerprint density at radius 3 is 2.62 bits per heavy atom. The highest BCUT2D eigenvalue weighted by Crippen LogP contribution is 2.16. The Hall–Kier alpha value is -0.120. The van der Waals surface area contributed by atoms with Crippen LogP contribution in [0.4, 0.5) is 0 Å². The quantitative estimate of drug-likeness (QED) is 0.674. The van der Waals surface area contributed by atoms with Crippen molar-refractivity contribution in [3.05, 3.63) is 0 Å². The lowest BCUT2D eigenvalue weighted by molar-refractivity contribution is -0.0149. The van der Waals surface area contributed by atoms with Gasteiger partial charge in [-0.05, 0) is 33.4 Å². The van der Waals surface area contributed by atoms with Gasteiger partial charge in [-0.1, -0.05) is 0 Å². The zero-order valence-electron chi connectivity index (χ0n) is 8.62. The predicted octanol–water partition coefficient (Wildman–Crippen LogP) is 0.458. The molecular formula is C10H20N2O. The molecule has 0 aromatic rings. The van der Waals surface area contributed by atoms with Crippen molar-refractivity contribution in [3.63, 3.8) is 0 Å². The number of rotatable bonds is 2. The van der Waals surface area contributed by atoms with Crippen molar-refractivity contribution in [1.29, 1.82) is 0 Å². The van der Waals surface area contributed by atoms with E-state index in [1.165, 1.54) is 19.4 Å². The minimum absolute atomic E-state index is 0.639. The lowest BCUT2D eigenvalue weighted by Crippen LogP contribution is -2.54. The van der Waals surface area contributed by atoms with Gasteiger partial charge in [-0.2, -0.15) is 0 Å². The Morgan fingerprint density at radius 2 is 2.08 bits per heavy atom. The maximum atomic E-state index is 5.15. The van der Waals surface area contributed by atoms with Crippen LogP contribution >= 0.6 is 0 Å². The highest BCUT2D eigenvalue weighted by atomic mass is 16.5. The van der Waals surface area contributed by atoms with Crippen LogP contribution in [0.3, 0.4) is 0 Å². The van der Waals surface area contributed by atoms with E-state index in [0.29, 0.717) is 6.04 Å². The van der Waals surface area contributed by atoms with E-state index < -0.39 is 0 Å². The molecule has 76 valence electrons. The van der Waals surface area contributed by atoms with Crippen LogP contribution in [0.15, 0.2) is 0 Å². The average Bonchev–Trinajstić information content (AvgIpc) is 2.04. The molecule has 13 heavy (non-hydrogen) atoms. The third-order valence-electron chi connectivity index (χ3n) is 3.32. The van der Waals surface area contributed by atoms with Crippen molar-refractivity contribution in [2.24, 2.45) is 0 Å². The summed E-state index contributed by atoms with van der Waals surface area (Å²) in [6.07, 6.45) is 2.57. The summed E-state index contributed by atoms with van der Waals surface area (Å²) < 4.78 is 5.15. The topological polar surface area (TPSA) is 24.5 Å². The van der Waals surface area contributed by atoms with Crippen LogP contribution < -0.4 is 5.32 Å². The number of hydrogen-bond acceptors (Lipinski definition) is 3. The maximum absolute atomic E-state index is 5.15. The number of piperidine rings is 1. The molecule has 3 nitrogen and oxygen atoms in total. The van der Waals surface area contributed by atoms with Gasteiger partial charge in [0.05, 0.1) is 19.3 Å². The summed E-state index contributed by atoms with van der Waals surface area (Å²) in [4.78, 5) is 2.44. The highest BCUT2D eigenvalue weighted by molar-refractivity contribution is 4.85. The molecule has 2 unspecified atom stereocenters. The molecule has 0 saturated carbocycles. The fourth-order valence-corrected chi connectivity index (χ4v) is 2.11. The van der Waals surface area contributed by atoms with Crippen molar-refractivity contribution in [2.75, 3.05) is 26.8 Å². The molecule has 0 spiro atoms. The van der Waals surface area contributed by atoms with E-state index in [1.807, 2.05) is 0 Å². The lowest BCUT2D eigenvalue weighted by atomic mass is 9.98. The summed E-state index contributed by atoms with van der Waals surface area (Å²) in [5, 5.41) is 3.65. The van der Waals surface area contributed by atoms with Crippen molar-refractivity contribution >= 4 is 0 Å². The van der Waals surface area contributed by atoms with Gasteiger partial charge in [0, 0.05) is 12.1 Å². The van der Waals surface area contributed by atoms with Gasteiger partial charge in [0.25, 0.3) is 0 Å². The second kappa shape index (κ2) is 3.95. The van der Waals surface area contributed by atoms with Crippen molar-refractivity contribution in [1.82, 2.24) is 10.2 Å². The summed E-state index contributed by atoms with van der Waals surface area (Å²) in [6.45, 7) is 5.37. The summed E-state index contributed by atoms with van der Waals surface area (Å²) in [5.74, 6) is 0. The zero-order chi connectivity index (χ0) is 9.26. The van der Waals surface area contributed by atoms with Gasteiger partial charge in [0.1, 0.15) is 0 Å². The molecular weight excluding hydrogens is 164 g/mol. The summed E-state index contributed by atoms with van der Waals surface area (Å²) in [7, 11) is 2.22. The van der Waals surface area contributed by atoms with E-state index in [0.717, 1.165) is 25.3 Å². The number of nitrogens with one attached hydrogen (secondary N) is 1. The van der Waals surface area contributed by atoms with E-state index in [9.17, 15) is 0 Å². The largest absolute Gasteiger partial charge is 0.378 e. The number of hydrogen-bond donors (Lipinski definition) is 1. The molecule has 0 aromatic carbocycles. The Bertz CT molecular complexity index is 168. The third-order valence-corrected chi connectivity index (χ3v) is 3.32. The van der Waals surface area contributed by atoms with Gasteiger partial charge in [-0.3, -0.25) is 0 Å². The monoisotopic (exact) mass is 184 g/mol. The van der Waals surface area contributed by atoms with Crippen LogP contribution in [-0.2, 0) is 4.74 Å². The van der Waals surface area contributed by atoms with Gasteiger partial charge in [0.2, 0.25) is 0 Å². The van der Waals surface area contributed by atoms with E-state index in [1.54, 1.807) is 0 Å². The van der Waals surface area contributed by atoms with Crippen LogP contribution in [0.25, 0.3) is 0 Å². The highest BCUT2D eigenvalue weighted by Gasteiger charge is 2.27. The van der Waals surface area contributed by atoms with Gasteiger partial charge < -0.3 is 15.0 Å². The minimum Gasteiger partial charge on any atom is -0.378 e. The first-order valence-electron chi connectivity index (χ1n) is 5.29. The number of likely N-dealkylation sites (tertiary alicyclic amines) is 1. The first-order valence-corrected chi connectivity index (χ1v) is 5.29. The van der Waals surface area contributed by atoms with E-state index >= 15 is 0 Å². The summed E-state index contributed by atoms with van der Waals surface area (Å²) in [5.41, 5.74) is 0. The fourth-order valence-electron chi connectivity index (χ4n) is 2.11. The number of nitrogens with zero attached hydrogens (tertiary/aromatic N) is 1. The molecule has 2 aliphatic rings. The zero-order valence-corrected chi connectivity index (χ0v) is 8.62. The molecule has 2 rings (SSSR count). The Kier molecular flexibility index (Phi) is 2.86. The van der Waals surface area contributed by atoms with E-state index in [2.05, 4.69) is 24.2 Å². The van der Waals surface area contributed by atoms with Crippen molar-refractivity contribution < 1.29 is 4.74 Å². The second-order valence-corrected chi connectivity index (χ2v) is 4.45. The van der Waals surface area contributed by atoms with Crippen LogP contribution in [0.5, 0.6) is 0 Å². The van der Waals surface area contributed by atoms with Gasteiger partial charge in [0.15, 0.2) is 0 Å². The molecule has 2 aliphatic heterocycles. The molecule has 2 saturated heterocycles. The first kappa shape index (κ1) is 9.44. The Labute approximate surface area is 80.4 Å². The van der Waals surface area contributed by atoms with E-state index in [-0.39, 0.29) is 0 Å². The third kappa shape index (κ3) is 2.22. The SMILES string of the molecule is CC1CC(NC2COC2)CCN1C. The molecule has 0 amide bonds. The molecule has 1 N–H and O–H groups in total. The molecule has 2 fully saturated rings. The minimum atomic E-state index is 0.639. The lowest BCUT2D eigenvalue weighted by Gasteiger charge is -2.39. The van der Waals surface area contributed by atoms with Crippen molar-refractivity contribution in [2.45, 2.75) is 37.9 Å². The smallest absolute Gasteiger partial charge is 0.0643 e. The Balaban J connectivity index is 1.74. The summed E-state index contributed by atoms with van der Waals surface area (Å²) in [6, 6.07) is 2.09.